The zero-order valence-corrected chi connectivity index (χ0v) is 15.1. The Morgan fingerprint density at radius 2 is 1.74 bits per heavy atom. The predicted molar refractivity (Wildman–Crippen MR) is 98.3 cm³/mol. The highest BCUT2D eigenvalue weighted by Gasteiger charge is 2.19. The second kappa shape index (κ2) is 9.48. The van der Waals surface area contributed by atoms with Gasteiger partial charge in [0, 0.05) is 22.6 Å². The van der Waals surface area contributed by atoms with E-state index in [0.717, 1.165) is 11.8 Å². The van der Waals surface area contributed by atoms with Crippen LogP contribution in [0.15, 0.2) is 59.5 Å². The van der Waals surface area contributed by atoms with E-state index in [4.69, 9.17) is 4.74 Å². The van der Waals surface area contributed by atoms with Gasteiger partial charge >= 0.3 is 5.97 Å². The summed E-state index contributed by atoms with van der Waals surface area (Å²) in [5.74, 6) is -1.95. The number of hydrogen-bond acceptors (Lipinski definition) is 7. The van der Waals surface area contributed by atoms with Crippen LogP contribution in [0.2, 0.25) is 0 Å². The number of imide groups is 1. The lowest BCUT2D eigenvalue weighted by molar-refractivity contribution is -0.384. The maximum Gasteiger partial charge on any atom is 0.319 e. The number of thioether (sulfide) groups is 1. The number of carbonyl (C=O) groups excluding carboxylic acids is 3. The fourth-order valence-electron chi connectivity index (χ4n) is 1.98. The van der Waals surface area contributed by atoms with Gasteiger partial charge in [0.05, 0.1) is 4.92 Å². The number of carbonyl (C=O) groups is 3. The van der Waals surface area contributed by atoms with Crippen molar-refractivity contribution in [3.8, 4) is 0 Å². The van der Waals surface area contributed by atoms with Crippen molar-refractivity contribution in [2.45, 2.75) is 17.1 Å². The molecule has 8 nitrogen and oxygen atoms in total. The molecule has 0 aliphatic rings. The van der Waals surface area contributed by atoms with Gasteiger partial charge in [0.15, 0.2) is 6.61 Å². The minimum Gasteiger partial charge on any atom is -0.455 e. The molecule has 2 rings (SSSR count). The molecule has 0 bridgehead atoms. The number of benzene rings is 2. The number of ether oxygens (including phenoxy) is 1. The first-order chi connectivity index (χ1) is 12.9. The molecular formula is C18H16N2O6S. The second-order valence-electron chi connectivity index (χ2n) is 5.36. The molecule has 0 unspecified atom stereocenters. The lowest BCUT2D eigenvalue weighted by Crippen LogP contribution is -2.35. The third-order valence-corrected chi connectivity index (χ3v) is 4.42. The molecule has 0 aromatic heterocycles. The van der Waals surface area contributed by atoms with E-state index in [0.29, 0.717) is 10.5 Å². The molecule has 1 N–H and O–H groups in total. The van der Waals surface area contributed by atoms with Gasteiger partial charge in [0.25, 0.3) is 17.5 Å². The Kier molecular flexibility index (Phi) is 7.07. The molecule has 0 saturated carbocycles. The van der Waals surface area contributed by atoms with E-state index in [9.17, 15) is 24.5 Å². The van der Waals surface area contributed by atoms with Crippen LogP contribution in [0.25, 0.3) is 0 Å². The molecule has 0 saturated heterocycles. The van der Waals surface area contributed by atoms with Gasteiger partial charge in [-0.3, -0.25) is 29.8 Å². The van der Waals surface area contributed by atoms with Crippen molar-refractivity contribution in [1.82, 2.24) is 5.32 Å². The summed E-state index contributed by atoms with van der Waals surface area (Å²) in [7, 11) is 0. The summed E-state index contributed by atoms with van der Waals surface area (Å²) in [4.78, 5) is 46.3. The van der Waals surface area contributed by atoms with Crippen LogP contribution in [-0.4, -0.2) is 34.6 Å². The van der Waals surface area contributed by atoms with Gasteiger partial charge in [-0.1, -0.05) is 18.2 Å². The van der Waals surface area contributed by atoms with Crippen molar-refractivity contribution in [2.24, 2.45) is 0 Å². The SMILES string of the molecule is C[C@H](Sc1ccc([N+](=O)[O-])cc1)C(=O)OCC(=O)NC(=O)c1ccccc1. The molecule has 2 aromatic carbocycles. The molecule has 27 heavy (non-hydrogen) atoms. The van der Waals surface area contributed by atoms with Crippen molar-refractivity contribution in [1.29, 1.82) is 0 Å². The van der Waals surface area contributed by atoms with Crippen molar-refractivity contribution in [3.63, 3.8) is 0 Å². The van der Waals surface area contributed by atoms with E-state index in [1.54, 1.807) is 37.3 Å². The van der Waals surface area contributed by atoms with Crippen LogP contribution in [0, 0.1) is 10.1 Å². The second-order valence-corrected chi connectivity index (χ2v) is 6.78. The molecular weight excluding hydrogens is 372 g/mol. The van der Waals surface area contributed by atoms with Crippen LogP contribution < -0.4 is 5.32 Å². The van der Waals surface area contributed by atoms with Crippen molar-refractivity contribution in [3.05, 3.63) is 70.3 Å². The number of esters is 1. The van der Waals surface area contributed by atoms with Gasteiger partial charge in [0.1, 0.15) is 5.25 Å². The first-order valence-electron chi connectivity index (χ1n) is 7.84. The average Bonchev–Trinajstić information content (AvgIpc) is 2.67. The lowest BCUT2D eigenvalue weighted by atomic mass is 10.2. The average molecular weight is 388 g/mol. The summed E-state index contributed by atoms with van der Waals surface area (Å²) in [5.41, 5.74) is 0.272. The minimum absolute atomic E-state index is 0.0469. The zero-order valence-electron chi connectivity index (χ0n) is 14.3. The number of nitrogens with zero attached hydrogens (tertiary/aromatic N) is 1. The Hall–Kier alpha value is -3.20. The molecule has 2 aromatic rings. The van der Waals surface area contributed by atoms with E-state index < -0.39 is 34.6 Å². The number of nitrogens with one attached hydrogen (secondary N) is 1. The van der Waals surface area contributed by atoms with Crippen molar-refractivity contribution >= 4 is 35.2 Å². The monoisotopic (exact) mass is 388 g/mol. The standard InChI is InChI=1S/C18H16N2O6S/c1-12(27-15-9-7-14(8-10-15)20(24)25)18(23)26-11-16(21)19-17(22)13-5-3-2-4-6-13/h2-10,12H,11H2,1H3,(H,19,21,22)/t12-/m0/s1. The van der Waals surface area contributed by atoms with Gasteiger partial charge < -0.3 is 4.74 Å². The Morgan fingerprint density at radius 1 is 1.11 bits per heavy atom. The largest absolute Gasteiger partial charge is 0.455 e. The predicted octanol–water partition coefficient (Wildman–Crippen LogP) is 2.58. The van der Waals surface area contributed by atoms with Crippen molar-refractivity contribution in [2.75, 3.05) is 6.61 Å². The van der Waals surface area contributed by atoms with Crippen LogP contribution in [0.1, 0.15) is 17.3 Å². The molecule has 0 aliphatic carbocycles. The summed E-state index contributed by atoms with van der Waals surface area (Å²) < 4.78 is 4.90. The number of nitro benzene ring substituents is 1. The Morgan fingerprint density at radius 3 is 2.33 bits per heavy atom. The molecule has 9 heteroatoms. The third kappa shape index (κ3) is 6.23. The molecule has 1 atom stereocenters. The topological polar surface area (TPSA) is 116 Å². The van der Waals surface area contributed by atoms with Crippen LogP contribution in [0.4, 0.5) is 5.69 Å². The van der Waals surface area contributed by atoms with Crippen LogP contribution >= 0.6 is 11.8 Å². The van der Waals surface area contributed by atoms with Gasteiger partial charge in [0.2, 0.25) is 0 Å². The van der Waals surface area contributed by atoms with Crippen molar-refractivity contribution < 1.29 is 24.0 Å². The molecule has 0 aliphatic heterocycles. The van der Waals surface area contributed by atoms with E-state index >= 15 is 0 Å². The van der Waals surface area contributed by atoms with E-state index in [1.165, 1.54) is 24.3 Å². The maximum absolute atomic E-state index is 12.0. The number of non-ortho nitro benzene ring substituents is 1. The lowest BCUT2D eigenvalue weighted by Gasteiger charge is -2.11. The van der Waals surface area contributed by atoms with Gasteiger partial charge in [-0.15, -0.1) is 11.8 Å². The van der Waals surface area contributed by atoms with Crippen LogP contribution in [0.3, 0.4) is 0 Å². The Labute approximate surface area is 159 Å². The number of rotatable bonds is 7. The molecule has 0 fully saturated rings. The fourth-order valence-corrected chi connectivity index (χ4v) is 2.84. The number of nitro groups is 1. The minimum atomic E-state index is -0.732. The first-order valence-corrected chi connectivity index (χ1v) is 8.72. The summed E-state index contributed by atoms with van der Waals surface area (Å²) >= 11 is 1.14. The van der Waals surface area contributed by atoms with E-state index in [2.05, 4.69) is 5.32 Å². The van der Waals surface area contributed by atoms with Gasteiger partial charge in [-0.25, -0.2) is 0 Å². The van der Waals surface area contributed by atoms with Crippen LogP contribution in [-0.2, 0) is 14.3 Å². The van der Waals surface area contributed by atoms with E-state index in [1.807, 2.05) is 0 Å². The summed E-state index contributed by atoms with van der Waals surface area (Å²) in [5, 5.41) is 12.1. The Bertz CT molecular complexity index is 839. The molecule has 2 amide bonds. The summed E-state index contributed by atoms with van der Waals surface area (Å²) in [6.07, 6.45) is 0. The quantitative estimate of drug-likeness (QED) is 0.335. The molecule has 0 radical (unpaired) electrons. The number of amides is 2. The molecule has 0 spiro atoms. The fraction of sp³-hybridized carbons (Fsp3) is 0.167. The molecule has 140 valence electrons. The van der Waals surface area contributed by atoms with Crippen LogP contribution in [0.5, 0.6) is 0 Å². The number of hydrogen-bond donors (Lipinski definition) is 1. The summed E-state index contributed by atoms with van der Waals surface area (Å²) in [6.45, 7) is 1.00. The van der Waals surface area contributed by atoms with Gasteiger partial charge in [-0.05, 0) is 31.2 Å². The molecule has 0 heterocycles. The highest BCUT2D eigenvalue weighted by Crippen LogP contribution is 2.25. The summed E-state index contributed by atoms with van der Waals surface area (Å²) in [6, 6.07) is 13.9. The normalized spacial score (nSPS) is 11.3. The highest BCUT2D eigenvalue weighted by atomic mass is 32.2. The zero-order chi connectivity index (χ0) is 19.8. The Balaban J connectivity index is 1.79. The third-order valence-electron chi connectivity index (χ3n) is 3.33. The van der Waals surface area contributed by atoms with Gasteiger partial charge in [-0.2, -0.15) is 0 Å². The smallest absolute Gasteiger partial charge is 0.319 e. The maximum atomic E-state index is 12.0. The highest BCUT2D eigenvalue weighted by molar-refractivity contribution is 8.00. The van der Waals surface area contributed by atoms with E-state index in [-0.39, 0.29) is 5.69 Å². The first kappa shape index (κ1) is 20.1.